The van der Waals surface area contributed by atoms with E-state index in [9.17, 15) is 13.2 Å². The van der Waals surface area contributed by atoms with Gasteiger partial charge in [0.1, 0.15) is 6.61 Å². The molecule has 0 fully saturated rings. The molecule has 0 heterocycles. The van der Waals surface area contributed by atoms with Crippen molar-refractivity contribution in [3.63, 3.8) is 0 Å². The van der Waals surface area contributed by atoms with E-state index >= 15 is 0 Å². The largest absolute Gasteiger partial charge is 1.00 e. The Hall–Kier alpha value is -0.600. The molecular formula is C11H16NNaO5S. The minimum Gasteiger partial charge on any atom is -1.00 e. The second kappa shape index (κ2) is 9.33. The summed E-state index contributed by atoms with van der Waals surface area (Å²) >= 11 is 0. The number of rotatable bonds is 6. The second-order valence-corrected chi connectivity index (χ2v) is 5.20. The van der Waals surface area contributed by atoms with Crippen LogP contribution in [0.15, 0.2) is 30.3 Å². The molecule has 0 aromatic heterocycles. The fourth-order valence-electron chi connectivity index (χ4n) is 1.22. The molecule has 0 atom stereocenters. The summed E-state index contributed by atoms with van der Waals surface area (Å²) in [5.74, 6) is -0.383. The topological polar surface area (TPSA) is 92.7 Å². The molecule has 19 heavy (non-hydrogen) atoms. The van der Waals surface area contributed by atoms with Crippen LogP contribution in [0.5, 0.6) is 0 Å². The number of hydrogen-bond acceptors (Lipinski definition) is 4. The first-order chi connectivity index (χ1) is 8.47. The molecule has 1 aromatic carbocycles. The molecule has 0 spiro atoms. The number of hydrogen-bond donors (Lipinski definition) is 2. The first-order valence-electron chi connectivity index (χ1n) is 5.37. The summed E-state index contributed by atoms with van der Waals surface area (Å²) in [4.78, 5) is 11.2. The Labute approximate surface area is 136 Å². The number of alkyl carbamates (subject to hydrolysis) is 1. The molecule has 1 aromatic rings. The van der Waals surface area contributed by atoms with Crippen molar-refractivity contribution >= 4 is 16.2 Å². The fraction of sp³-hybridized carbons (Fsp3) is 0.364. The zero-order valence-electron chi connectivity index (χ0n) is 11.7. The van der Waals surface area contributed by atoms with E-state index in [2.05, 4.69) is 5.32 Å². The first kappa shape index (κ1) is 18.4. The van der Waals surface area contributed by atoms with Crippen LogP contribution in [0.25, 0.3) is 0 Å². The normalized spacial score (nSPS) is 10.4. The van der Waals surface area contributed by atoms with Gasteiger partial charge in [0.25, 0.3) is 10.1 Å². The second-order valence-electron chi connectivity index (χ2n) is 3.63. The van der Waals surface area contributed by atoms with E-state index in [4.69, 9.17) is 9.29 Å². The standard InChI is InChI=1S/C11H15NO5S.Na.H/c13-11(12-7-4-8-18(14,15)16)17-9-10-5-2-1-3-6-10;;/h1-3,5-6H,4,7-9H2,(H,12,13)(H,14,15,16);;/q;+1;-1. The van der Waals surface area contributed by atoms with Crippen molar-refractivity contribution in [3.8, 4) is 0 Å². The predicted molar refractivity (Wildman–Crippen MR) is 66.8 cm³/mol. The van der Waals surface area contributed by atoms with Crippen LogP contribution in [0, 0.1) is 0 Å². The molecule has 0 radical (unpaired) electrons. The molecule has 6 nitrogen and oxygen atoms in total. The van der Waals surface area contributed by atoms with Crippen molar-refractivity contribution in [2.75, 3.05) is 12.3 Å². The summed E-state index contributed by atoms with van der Waals surface area (Å²) in [5, 5.41) is 2.39. The molecule has 0 aliphatic rings. The van der Waals surface area contributed by atoms with Gasteiger partial charge < -0.3 is 11.5 Å². The Bertz CT molecular complexity index is 483. The Morgan fingerprint density at radius 2 is 1.95 bits per heavy atom. The molecule has 0 saturated carbocycles. The minimum atomic E-state index is -3.97. The molecule has 8 heteroatoms. The molecule has 1 amide bonds. The summed E-state index contributed by atoms with van der Waals surface area (Å²) in [7, 11) is -3.97. The molecule has 1 rings (SSSR count). The molecule has 0 aliphatic carbocycles. The number of amides is 1. The van der Waals surface area contributed by atoms with Gasteiger partial charge in [-0.2, -0.15) is 8.42 Å². The third-order valence-electron chi connectivity index (χ3n) is 2.06. The Balaban J connectivity index is 0. The Morgan fingerprint density at radius 3 is 2.53 bits per heavy atom. The van der Waals surface area contributed by atoms with E-state index in [0.717, 1.165) is 5.56 Å². The van der Waals surface area contributed by atoms with Crippen LogP contribution < -0.4 is 34.9 Å². The van der Waals surface area contributed by atoms with Gasteiger partial charge in [0.15, 0.2) is 0 Å². The van der Waals surface area contributed by atoms with Gasteiger partial charge in [-0.3, -0.25) is 4.55 Å². The maximum Gasteiger partial charge on any atom is 1.00 e. The van der Waals surface area contributed by atoms with Gasteiger partial charge in [-0.05, 0) is 12.0 Å². The molecule has 0 saturated heterocycles. The molecule has 0 unspecified atom stereocenters. The van der Waals surface area contributed by atoms with Crippen LogP contribution in [0.4, 0.5) is 4.79 Å². The van der Waals surface area contributed by atoms with Gasteiger partial charge in [0, 0.05) is 6.54 Å². The number of carbonyl (C=O) groups excluding carboxylic acids is 1. The summed E-state index contributed by atoms with van der Waals surface area (Å²) in [6.07, 6.45) is -0.478. The van der Waals surface area contributed by atoms with Crippen LogP contribution in [-0.2, 0) is 21.5 Å². The monoisotopic (exact) mass is 297 g/mol. The van der Waals surface area contributed by atoms with Gasteiger partial charge in [-0.1, -0.05) is 30.3 Å². The number of ether oxygens (including phenoxy) is 1. The van der Waals surface area contributed by atoms with Crippen molar-refractivity contribution in [2.45, 2.75) is 13.0 Å². The van der Waals surface area contributed by atoms with Crippen molar-refractivity contribution in [2.24, 2.45) is 0 Å². The number of carbonyl (C=O) groups is 1. The van der Waals surface area contributed by atoms with E-state index in [-0.39, 0.29) is 56.3 Å². The zero-order valence-corrected chi connectivity index (χ0v) is 13.5. The maximum absolute atomic E-state index is 11.2. The summed E-state index contributed by atoms with van der Waals surface area (Å²) < 4.78 is 34.2. The van der Waals surface area contributed by atoms with Crippen molar-refractivity contribution in [1.82, 2.24) is 5.32 Å². The van der Waals surface area contributed by atoms with Crippen LogP contribution >= 0.6 is 0 Å². The van der Waals surface area contributed by atoms with Crippen LogP contribution in [0.1, 0.15) is 13.4 Å². The van der Waals surface area contributed by atoms with Crippen LogP contribution in [0.2, 0.25) is 0 Å². The third-order valence-corrected chi connectivity index (χ3v) is 2.87. The quantitative estimate of drug-likeness (QED) is 0.371. The predicted octanol–water partition coefficient (Wildman–Crippen LogP) is -1.69. The number of benzene rings is 1. The van der Waals surface area contributed by atoms with Crippen molar-refractivity contribution in [3.05, 3.63) is 35.9 Å². The van der Waals surface area contributed by atoms with Gasteiger partial charge in [0.2, 0.25) is 0 Å². The summed E-state index contributed by atoms with van der Waals surface area (Å²) in [6, 6.07) is 9.18. The molecule has 2 N–H and O–H groups in total. The molecule has 0 bridgehead atoms. The van der Waals surface area contributed by atoms with E-state index < -0.39 is 16.2 Å². The minimum absolute atomic E-state index is 0. The van der Waals surface area contributed by atoms with E-state index in [0.29, 0.717) is 0 Å². The van der Waals surface area contributed by atoms with Gasteiger partial charge in [0.05, 0.1) is 5.75 Å². The van der Waals surface area contributed by atoms with Gasteiger partial charge in [-0.15, -0.1) is 0 Å². The summed E-state index contributed by atoms with van der Waals surface area (Å²) in [6.45, 7) is 0.290. The number of nitrogens with one attached hydrogen (secondary N) is 1. The zero-order chi connectivity index (χ0) is 13.4. The Kier molecular flexibility index (Phi) is 9.03. The van der Waals surface area contributed by atoms with Crippen LogP contribution in [0.3, 0.4) is 0 Å². The van der Waals surface area contributed by atoms with Gasteiger partial charge in [-0.25, -0.2) is 4.79 Å². The molecular weight excluding hydrogens is 281 g/mol. The van der Waals surface area contributed by atoms with E-state index in [1.165, 1.54) is 0 Å². The summed E-state index contributed by atoms with van der Waals surface area (Å²) in [5.41, 5.74) is 0.866. The SMILES string of the molecule is O=C(NCCCS(=O)(=O)O)OCc1ccccc1.[H-].[Na+]. The third kappa shape index (κ3) is 9.92. The maximum atomic E-state index is 11.2. The Morgan fingerprint density at radius 1 is 1.32 bits per heavy atom. The average molecular weight is 297 g/mol. The van der Waals surface area contributed by atoms with E-state index in [1.807, 2.05) is 30.3 Å². The van der Waals surface area contributed by atoms with Crippen LogP contribution in [-0.4, -0.2) is 31.4 Å². The van der Waals surface area contributed by atoms with E-state index in [1.54, 1.807) is 0 Å². The van der Waals surface area contributed by atoms with Crippen molar-refractivity contribution in [1.29, 1.82) is 0 Å². The molecule has 0 aliphatic heterocycles. The average Bonchev–Trinajstić information content (AvgIpc) is 2.32. The fourth-order valence-corrected chi connectivity index (χ4v) is 1.73. The smallest absolute Gasteiger partial charge is 1.00 e. The van der Waals surface area contributed by atoms with Crippen molar-refractivity contribution < 1.29 is 53.5 Å². The van der Waals surface area contributed by atoms with Gasteiger partial charge >= 0.3 is 35.7 Å². The first-order valence-corrected chi connectivity index (χ1v) is 6.98. The molecule has 102 valence electrons.